The number of nitro benzene ring substituents is 1. The minimum atomic E-state index is -0.663. The number of amides is 1. The molecule has 1 aliphatic rings. The normalized spacial score (nSPS) is 16.7. The highest BCUT2D eigenvalue weighted by atomic mass is 32.2. The Morgan fingerprint density at radius 3 is 2.52 bits per heavy atom. The second-order valence-corrected chi connectivity index (χ2v) is 7.48. The molecule has 0 unspecified atom stereocenters. The van der Waals surface area contributed by atoms with E-state index in [-0.39, 0.29) is 5.91 Å². The Hall–Kier alpha value is -3.33. The van der Waals surface area contributed by atoms with Crippen LogP contribution in [0, 0.1) is 10.1 Å². The summed E-state index contributed by atoms with van der Waals surface area (Å²) in [4.78, 5) is 31.6. The van der Waals surface area contributed by atoms with Crippen LogP contribution >= 0.6 is 11.8 Å². The average molecular weight is 412 g/mol. The summed E-state index contributed by atoms with van der Waals surface area (Å²) in [5.41, 5.74) is 1.83. The van der Waals surface area contributed by atoms with Crippen LogP contribution in [0.3, 0.4) is 0 Å². The number of amidine groups is 1. The molecule has 1 fully saturated rings. The van der Waals surface area contributed by atoms with Crippen LogP contribution in [0.15, 0.2) is 52.4 Å². The molecule has 2 aromatic rings. The third-order valence-corrected chi connectivity index (χ3v) is 5.30. The number of benzene rings is 2. The zero-order valence-electron chi connectivity index (χ0n) is 16.2. The van der Waals surface area contributed by atoms with Gasteiger partial charge < -0.3 is 10.0 Å². The first-order valence-corrected chi connectivity index (χ1v) is 9.66. The Balaban J connectivity index is 1.91. The maximum Gasteiger partial charge on any atom is 0.311 e. The van der Waals surface area contributed by atoms with Crippen LogP contribution < -0.4 is 4.90 Å². The molecule has 0 aliphatic carbocycles. The van der Waals surface area contributed by atoms with E-state index in [1.54, 1.807) is 11.0 Å². The van der Waals surface area contributed by atoms with Crippen molar-refractivity contribution in [3.05, 3.63) is 63.0 Å². The SMILES string of the molecule is CCN1C(=O)/C(=C/c2ccc(O)c([N+](=O)[O-])c2)SC1=Nc1ccc(N(C)C)cc1. The first kappa shape index (κ1) is 20.4. The fraction of sp³-hybridized carbons (Fsp3) is 0.200. The third-order valence-electron chi connectivity index (χ3n) is 4.29. The van der Waals surface area contributed by atoms with Crippen LogP contribution in [-0.4, -0.2) is 46.6 Å². The summed E-state index contributed by atoms with van der Waals surface area (Å²) < 4.78 is 0. The number of phenols is 1. The lowest BCUT2D eigenvalue weighted by Crippen LogP contribution is -2.28. The number of nitro groups is 1. The van der Waals surface area contributed by atoms with Crippen molar-refractivity contribution in [3.63, 3.8) is 0 Å². The molecule has 0 spiro atoms. The van der Waals surface area contributed by atoms with E-state index in [1.807, 2.05) is 50.2 Å². The molecule has 29 heavy (non-hydrogen) atoms. The van der Waals surface area contributed by atoms with Gasteiger partial charge in [-0.2, -0.15) is 0 Å². The number of carbonyl (C=O) groups excluding carboxylic acids is 1. The largest absolute Gasteiger partial charge is 0.502 e. The number of likely N-dealkylation sites (N-methyl/N-ethyl adjacent to an activating group) is 1. The van der Waals surface area contributed by atoms with Crippen molar-refractivity contribution in [2.45, 2.75) is 6.92 Å². The Morgan fingerprint density at radius 2 is 1.93 bits per heavy atom. The number of carbonyl (C=O) groups is 1. The number of hydrogen-bond acceptors (Lipinski definition) is 7. The van der Waals surface area contributed by atoms with Gasteiger partial charge in [-0.25, -0.2) is 4.99 Å². The molecule has 2 aromatic carbocycles. The summed E-state index contributed by atoms with van der Waals surface area (Å²) in [7, 11) is 3.91. The van der Waals surface area contributed by atoms with Gasteiger partial charge in [-0.1, -0.05) is 6.07 Å². The highest BCUT2D eigenvalue weighted by Gasteiger charge is 2.32. The molecule has 150 valence electrons. The van der Waals surface area contributed by atoms with Crippen LogP contribution in [0.25, 0.3) is 6.08 Å². The average Bonchev–Trinajstić information content (AvgIpc) is 2.97. The predicted octanol–water partition coefficient (Wildman–Crippen LogP) is 3.99. The van der Waals surface area contributed by atoms with Crippen molar-refractivity contribution in [3.8, 4) is 5.75 Å². The highest BCUT2D eigenvalue weighted by Crippen LogP contribution is 2.35. The first-order chi connectivity index (χ1) is 13.8. The molecule has 3 rings (SSSR count). The lowest BCUT2D eigenvalue weighted by molar-refractivity contribution is -0.385. The summed E-state index contributed by atoms with van der Waals surface area (Å²) in [6, 6.07) is 11.7. The molecular weight excluding hydrogens is 392 g/mol. The van der Waals surface area contributed by atoms with Crippen LogP contribution in [0.5, 0.6) is 5.75 Å². The number of anilines is 1. The van der Waals surface area contributed by atoms with E-state index >= 15 is 0 Å². The molecule has 9 heteroatoms. The quantitative estimate of drug-likeness (QED) is 0.453. The smallest absolute Gasteiger partial charge is 0.311 e. The number of aliphatic imine (C=N–C) groups is 1. The Bertz CT molecular complexity index is 1020. The van der Waals surface area contributed by atoms with Crippen molar-refractivity contribution in [2.24, 2.45) is 4.99 Å². The summed E-state index contributed by atoms with van der Waals surface area (Å²) >= 11 is 1.21. The summed E-state index contributed by atoms with van der Waals surface area (Å²) in [5, 5.41) is 21.2. The molecule has 1 heterocycles. The maximum atomic E-state index is 12.7. The zero-order valence-corrected chi connectivity index (χ0v) is 17.0. The van der Waals surface area contributed by atoms with Gasteiger partial charge in [0.15, 0.2) is 10.9 Å². The van der Waals surface area contributed by atoms with Crippen LogP contribution in [0.2, 0.25) is 0 Å². The Morgan fingerprint density at radius 1 is 1.24 bits per heavy atom. The topological polar surface area (TPSA) is 99.3 Å². The summed E-state index contributed by atoms with van der Waals surface area (Å²) in [6.45, 7) is 2.31. The van der Waals surface area contributed by atoms with E-state index in [0.29, 0.717) is 22.2 Å². The zero-order chi connectivity index (χ0) is 21.1. The molecule has 1 N–H and O–H groups in total. The van der Waals surface area contributed by atoms with E-state index in [2.05, 4.69) is 4.99 Å². The molecule has 1 aliphatic heterocycles. The molecule has 1 amide bonds. The number of thioether (sulfide) groups is 1. The van der Waals surface area contributed by atoms with E-state index in [1.165, 1.54) is 30.0 Å². The molecule has 0 bridgehead atoms. The van der Waals surface area contributed by atoms with Gasteiger partial charge in [0.05, 0.1) is 15.5 Å². The number of hydrogen-bond donors (Lipinski definition) is 1. The van der Waals surface area contributed by atoms with E-state index < -0.39 is 16.4 Å². The number of phenolic OH excluding ortho intramolecular Hbond substituents is 1. The molecule has 8 nitrogen and oxygen atoms in total. The highest BCUT2D eigenvalue weighted by molar-refractivity contribution is 8.18. The number of aromatic hydroxyl groups is 1. The fourth-order valence-corrected chi connectivity index (χ4v) is 3.80. The van der Waals surface area contributed by atoms with Gasteiger partial charge in [0, 0.05) is 32.4 Å². The minimum Gasteiger partial charge on any atom is -0.502 e. The Labute approximate surface area is 172 Å². The van der Waals surface area contributed by atoms with Crippen molar-refractivity contribution < 1.29 is 14.8 Å². The maximum absolute atomic E-state index is 12.7. The second kappa shape index (κ2) is 8.36. The van der Waals surface area contributed by atoms with Crippen LogP contribution in [0.4, 0.5) is 17.1 Å². The second-order valence-electron chi connectivity index (χ2n) is 6.47. The molecule has 0 atom stereocenters. The minimum absolute atomic E-state index is 0.211. The number of nitrogens with zero attached hydrogens (tertiary/aromatic N) is 4. The van der Waals surface area contributed by atoms with E-state index in [9.17, 15) is 20.0 Å². The Kier molecular flexibility index (Phi) is 5.88. The standard InChI is InChI=1S/C20H20N4O4S/c1-4-23-19(26)18(12-13-5-10-17(25)16(11-13)24(27)28)29-20(23)21-14-6-8-15(9-7-14)22(2)3/h5-12,25H,4H2,1-3H3/b18-12-,21-20?. The number of rotatable bonds is 5. The molecule has 0 aromatic heterocycles. The van der Waals surface area contributed by atoms with Crippen LogP contribution in [-0.2, 0) is 4.79 Å². The van der Waals surface area contributed by atoms with E-state index in [0.717, 1.165) is 11.4 Å². The van der Waals surface area contributed by atoms with Gasteiger partial charge in [0.1, 0.15) is 0 Å². The van der Waals surface area contributed by atoms with Gasteiger partial charge in [-0.3, -0.25) is 19.8 Å². The van der Waals surface area contributed by atoms with Gasteiger partial charge in [-0.15, -0.1) is 0 Å². The van der Waals surface area contributed by atoms with Gasteiger partial charge >= 0.3 is 5.69 Å². The van der Waals surface area contributed by atoms with Crippen molar-refractivity contribution in [1.29, 1.82) is 0 Å². The molecule has 0 radical (unpaired) electrons. The molecule has 1 saturated heterocycles. The summed E-state index contributed by atoms with van der Waals surface area (Å²) in [5.74, 6) is -0.627. The van der Waals surface area contributed by atoms with Crippen molar-refractivity contribution in [1.82, 2.24) is 4.90 Å². The van der Waals surface area contributed by atoms with Gasteiger partial charge in [0.2, 0.25) is 0 Å². The predicted molar refractivity (Wildman–Crippen MR) is 116 cm³/mol. The first-order valence-electron chi connectivity index (χ1n) is 8.85. The summed E-state index contributed by atoms with van der Waals surface area (Å²) in [6.07, 6.45) is 1.57. The van der Waals surface area contributed by atoms with E-state index in [4.69, 9.17) is 0 Å². The third kappa shape index (κ3) is 4.40. The van der Waals surface area contributed by atoms with Crippen molar-refractivity contribution >= 4 is 46.0 Å². The van der Waals surface area contributed by atoms with Crippen molar-refractivity contribution in [2.75, 3.05) is 25.5 Å². The fourth-order valence-electron chi connectivity index (χ4n) is 2.73. The van der Waals surface area contributed by atoms with Gasteiger partial charge in [-0.05, 0) is 60.7 Å². The monoisotopic (exact) mass is 412 g/mol. The van der Waals surface area contributed by atoms with Crippen LogP contribution in [0.1, 0.15) is 12.5 Å². The molecule has 0 saturated carbocycles. The lowest BCUT2D eigenvalue weighted by Gasteiger charge is -2.13. The molecular formula is C20H20N4O4S. The van der Waals surface area contributed by atoms with Gasteiger partial charge in [0.25, 0.3) is 5.91 Å². The lowest BCUT2D eigenvalue weighted by atomic mass is 10.1.